The summed E-state index contributed by atoms with van der Waals surface area (Å²) < 4.78 is 28.8. The van der Waals surface area contributed by atoms with E-state index in [9.17, 15) is 18.4 Å². The van der Waals surface area contributed by atoms with E-state index in [4.69, 9.17) is 0 Å². The first-order valence-electron chi connectivity index (χ1n) is 8.56. The fourth-order valence-electron chi connectivity index (χ4n) is 3.85. The van der Waals surface area contributed by atoms with Gasteiger partial charge >= 0.3 is 0 Å². The van der Waals surface area contributed by atoms with Crippen LogP contribution >= 0.6 is 0 Å². The van der Waals surface area contributed by atoms with Gasteiger partial charge in [-0.05, 0) is 25.7 Å². The number of nitrogens with zero attached hydrogens (tertiary/aromatic N) is 3. The van der Waals surface area contributed by atoms with Gasteiger partial charge in [0.05, 0.1) is 11.8 Å². The van der Waals surface area contributed by atoms with Crippen molar-refractivity contribution in [3.05, 3.63) is 18.0 Å². The van der Waals surface area contributed by atoms with Crippen LogP contribution in [0.5, 0.6) is 0 Å². The third kappa shape index (κ3) is 3.65. The molecular formula is C17H23F2N3O2. The van der Waals surface area contributed by atoms with Gasteiger partial charge in [0, 0.05) is 51.0 Å². The maximum absolute atomic E-state index is 13.6. The average molecular weight is 339 g/mol. The quantitative estimate of drug-likeness (QED) is 0.793. The Morgan fingerprint density at radius 2 is 2.12 bits per heavy atom. The first-order chi connectivity index (χ1) is 11.4. The number of alkyl halides is 2. The standard InChI is InChI=1S/C17H23F2N3O2/c1-21-11-13(10-20-21)15(23)8-14-5-3-7-22(14)16(24)12-4-2-6-17(18,19)9-12/h10-12,14H,2-9H2,1H3/t12-,14+/m0/s1. The Hall–Kier alpha value is -1.79. The summed E-state index contributed by atoms with van der Waals surface area (Å²) in [5.41, 5.74) is 0.529. The van der Waals surface area contributed by atoms with Crippen molar-refractivity contribution >= 4 is 11.7 Å². The van der Waals surface area contributed by atoms with Gasteiger partial charge in [0.2, 0.25) is 11.8 Å². The molecule has 2 atom stereocenters. The topological polar surface area (TPSA) is 55.2 Å². The Kier molecular flexibility index (Phi) is 4.69. The number of ketones is 1. The van der Waals surface area contributed by atoms with Crippen LogP contribution in [0.25, 0.3) is 0 Å². The van der Waals surface area contributed by atoms with E-state index in [0.717, 1.165) is 12.8 Å². The first-order valence-corrected chi connectivity index (χ1v) is 8.56. The van der Waals surface area contributed by atoms with Crippen LogP contribution < -0.4 is 0 Å². The second kappa shape index (κ2) is 6.61. The number of aryl methyl sites for hydroxylation is 1. The number of carbonyl (C=O) groups is 2. The molecule has 7 heteroatoms. The lowest BCUT2D eigenvalue weighted by atomic mass is 9.85. The molecular weight excluding hydrogens is 316 g/mol. The summed E-state index contributed by atoms with van der Waals surface area (Å²) in [6, 6.07) is -0.180. The molecule has 24 heavy (non-hydrogen) atoms. The van der Waals surface area contributed by atoms with Crippen molar-refractivity contribution in [3.63, 3.8) is 0 Å². The number of hydrogen-bond acceptors (Lipinski definition) is 3. The number of halogens is 2. The molecule has 1 saturated heterocycles. The lowest BCUT2D eigenvalue weighted by Gasteiger charge is -2.33. The van der Waals surface area contributed by atoms with Gasteiger partial charge < -0.3 is 4.90 Å². The Labute approximate surface area is 140 Å². The molecule has 0 bridgehead atoms. The zero-order valence-electron chi connectivity index (χ0n) is 13.9. The number of hydrogen-bond donors (Lipinski definition) is 0. The second-order valence-corrected chi connectivity index (χ2v) is 7.01. The molecule has 1 aliphatic carbocycles. The van der Waals surface area contributed by atoms with Crippen LogP contribution in [-0.2, 0) is 11.8 Å². The van der Waals surface area contributed by atoms with E-state index < -0.39 is 11.8 Å². The van der Waals surface area contributed by atoms with Crippen molar-refractivity contribution in [2.45, 2.75) is 56.9 Å². The van der Waals surface area contributed by atoms with Gasteiger partial charge in [0.15, 0.2) is 5.78 Å². The van der Waals surface area contributed by atoms with Crippen molar-refractivity contribution in [2.24, 2.45) is 13.0 Å². The van der Waals surface area contributed by atoms with Crippen molar-refractivity contribution in [1.82, 2.24) is 14.7 Å². The van der Waals surface area contributed by atoms with E-state index >= 15 is 0 Å². The molecule has 2 fully saturated rings. The van der Waals surface area contributed by atoms with E-state index in [0.29, 0.717) is 24.9 Å². The largest absolute Gasteiger partial charge is 0.339 e. The molecule has 1 saturated carbocycles. The monoisotopic (exact) mass is 339 g/mol. The SMILES string of the molecule is Cn1cc(C(=O)C[C@H]2CCCN2C(=O)[C@H]2CCCC(F)(F)C2)cn1. The van der Waals surface area contributed by atoms with Gasteiger partial charge in [-0.25, -0.2) is 8.78 Å². The third-order valence-electron chi connectivity index (χ3n) is 5.10. The van der Waals surface area contributed by atoms with Gasteiger partial charge in [-0.1, -0.05) is 0 Å². The summed E-state index contributed by atoms with van der Waals surface area (Å²) in [6.07, 6.45) is 5.41. The highest BCUT2D eigenvalue weighted by Crippen LogP contribution is 2.38. The zero-order chi connectivity index (χ0) is 17.3. The predicted molar refractivity (Wildman–Crippen MR) is 83.8 cm³/mol. The number of carbonyl (C=O) groups excluding carboxylic acids is 2. The maximum atomic E-state index is 13.6. The molecule has 5 nitrogen and oxygen atoms in total. The molecule has 3 rings (SSSR count). The molecule has 1 aromatic heterocycles. The first kappa shape index (κ1) is 17.0. The fourth-order valence-corrected chi connectivity index (χ4v) is 3.85. The maximum Gasteiger partial charge on any atom is 0.248 e. The minimum absolute atomic E-state index is 0.0539. The van der Waals surface area contributed by atoms with Crippen LogP contribution in [-0.4, -0.2) is 44.9 Å². The van der Waals surface area contributed by atoms with Crippen LogP contribution in [0.2, 0.25) is 0 Å². The second-order valence-electron chi connectivity index (χ2n) is 7.01. The van der Waals surface area contributed by atoms with E-state index in [1.54, 1.807) is 22.8 Å². The third-order valence-corrected chi connectivity index (χ3v) is 5.10. The fraction of sp³-hybridized carbons (Fsp3) is 0.706. The van der Waals surface area contributed by atoms with Gasteiger partial charge in [-0.3, -0.25) is 14.3 Å². The number of likely N-dealkylation sites (tertiary alicyclic amines) is 1. The van der Waals surface area contributed by atoms with Crippen molar-refractivity contribution in [2.75, 3.05) is 6.54 Å². The molecule has 132 valence electrons. The van der Waals surface area contributed by atoms with Crippen LogP contribution in [0.4, 0.5) is 8.78 Å². The summed E-state index contributed by atoms with van der Waals surface area (Å²) in [5.74, 6) is -3.60. The minimum Gasteiger partial charge on any atom is -0.339 e. The van der Waals surface area contributed by atoms with Crippen LogP contribution in [0.15, 0.2) is 12.4 Å². The van der Waals surface area contributed by atoms with Gasteiger partial charge in [-0.2, -0.15) is 5.10 Å². The molecule has 2 heterocycles. The summed E-state index contributed by atoms with van der Waals surface area (Å²) in [6.45, 7) is 0.561. The molecule has 0 unspecified atom stereocenters. The minimum atomic E-state index is -2.74. The molecule has 0 radical (unpaired) electrons. The van der Waals surface area contributed by atoms with Crippen molar-refractivity contribution < 1.29 is 18.4 Å². The van der Waals surface area contributed by atoms with E-state index in [1.165, 1.54) is 6.20 Å². The van der Waals surface area contributed by atoms with E-state index in [-0.39, 0.29) is 37.0 Å². The Balaban J connectivity index is 1.64. The molecule has 1 aliphatic heterocycles. The van der Waals surface area contributed by atoms with E-state index in [2.05, 4.69) is 5.10 Å². The Morgan fingerprint density at radius 1 is 1.33 bits per heavy atom. The molecule has 2 aliphatic rings. The van der Waals surface area contributed by atoms with Crippen molar-refractivity contribution in [1.29, 1.82) is 0 Å². The van der Waals surface area contributed by atoms with Crippen molar-refractivity contribution in [3.8, 4) is 0 Å². The number of amides is 1. The smallest absolute Gasteiger partial charge is 0.248 e. The number of Topliss-reactive ketones (excluding diaryl/α,β-unsaturated/α-hetero) is 1. The predicted octanol–water partition coefficient (Wildman–Crippen LogP) is 2.81. The zero-order valence-corrected chi connectivity index (χ0v) is 13.9. The lowest BCUT2D eigenvalue weighted by molar-refractivity contribution is -0.143. The molecule has 1 aromatic rings. The van der Waals surface area contributed by atoms with Gasteiger partial charge in [-0.15, -0.1) is 0 Å². The Morgan fingerprint density at radius 3 is 2.79 bits per heavy atom. The summed E-state index contributed by atoms with van der Waals surface area (Å²) >= 11 is 0. The average Bonchev–Trinajstić information content (AvgIpc) is 3.14. The highest BCUT2D eigenvalue weighted by atomic mass is 19.3. The highest BCUT2D eigenvalue weighted by molar-refractivity contribution is 5.96. The molecule has 1 amide bonds. The van der Waals surface area contributed by atoms with Gasteiger partial charge in [0.1, 0.15) is 0 Å². The molecule has 0 aromatic carbocycles. The summed E-state index contributed by atoms with van der Waals surface area (Å²) in [4.78, 5) is 26.7. The van der Waals surface area contributed by atoms with E-state index in [1.807, 2.05) is 0 Å². The summed E-state index contributed by atoms with van der Waals surface area (Å²) in [7, 11) is 1.74. The van der Waals surface area contributed by atoms with Crippen LogP contribution in [0, 0.1) is 5.92 Å². The normalized spacial score (nSPS) is 26.5. The van der Waals surface area contributed by atoms with Crippen LogP contribution in [0.3, 0.4) is 0 Å². The summed E-state index contributed by atoms with van der Waals surface area (Å²) in [5, 5.41) is 3.99. The lowest BCUT2D eigenvalue weighted by Crippen LogP contribution is -2.43. The van der Waals surface area contributed by atoms with Crippen LogP contribution in [0.1, 0.15) is 55.3 Å². The number of aromatic nitrogens is 2. The number of rotatable bonds is 4. The molecule has 0 N–H and O–H groups in total. The highest BCUT2D eigenvalue weighted by Gasteiger charge is 2.42. The Bertz CT molecular complexity index is 629. The van der Waals surface area contributed by atoms with Gasteiger partial charge in [0.25, 0.3) is 0 Å². The molecule has 0 spiro atoms.